The zero-order valence-corrected chi connectivity index (χ0v) is 14.2. The van der Waals surface area contributed by atoms with Gasteiger partial charge in [0.1, 0.15) is 0 Å². The van der Waals surface area contributed by atoms with Gasteiger partial charge in [-0.25, -0.2) is 0 Å². The molecule has 3 fully saturated rings. The lowest BCUT2D eigenvalue weighted by molar-refractivity contribution is -0.0494. The summed E-state index contributed by atoms with van der Waals surface area (Å²) >= 11 is 0. The SMILES string of the molecule is CCCC1CCC(CN)(N2CCCC3CCCCC32)CC1. The number of nitrogens with zero attached hydrogens (tertiary/aromatic N) is 1. The third-order valence-corrected chi connectivity index (χ3v) is 6.97. The second-order valence-corrected chi connectivity index (χ2v) is 8.11. The highest BCUT2D eigenvalue weighted by Gasteiger charge is 2.45. The van der Waals surface area contributed by atoms with Crippen LogP contribution in [0.25, 0.3) is 0 Å². The van der Waals surface area contributed by atoms with Crippen molar-refractivity contribution in [3.05, 3.63) is 0 Å². The fourth-order valence-electron chi connectivity index (χ4n) is 5.73. The number of likely N-dealkylation sites (tertiary alicyclic amines) is 1. The van der Waals surface area contributed by atoms with Crippen molar-refractivity contribution >= 4 is 0 Å². The Kier molecular flexibility index (Phi) is 5.27. The lowest BCUT2D eigenvalue weighted by atomic mass is 9.70. The maximum absolute atomic E-state index is 6.37. The van der Waals surface area contributed by atoms with Crippen LogP contribution in [0.1, 0.15) is 84.0 Å². The Labute approximate surface area is 131 Å². The van der Waals surface area contributed by atoms with Crippen LogP contribution in [0, 0.1) is 11.8 Å². The van der Waals surface area contributed by atoms with Crippen LogP contribution < -0.4 is 5.73 Å². The molecule has 0 aromatic rings. The number of hydrogen-bond donors (Lipinski definition) is 1. The van der Waals surface area contributed by atoms with E-state index < -0.39 is 0 Å². The first-order chi connectivity index (χ1) is 10.3. The molecule has 2 N–H and O–H groups in total. The average Bonchev–Trinajstić information content (AvgIpc) is 2.56. The summed E-state index contributed by atoms with van der Waals surface area (Å²) in [5.41, 5.74) is 6.73. The van der Waals surface area contributed by atoms with Gasteiger partial charge in [0, 0.05) is 18.1 Å². The van der Waals surface area contributed by atoms with Gasteiger partial charge in [-0.1, -0.05) is 32.6 Å². The van der Waals surface area contributed by atoms with Crippen LogP contribution in [-0.4, -0.2) is 29.6 Å². The van der Waals surface area contributed by atoms with E-state index in [9.17, 15) is 0 Å². The zero-order chi connectivity index (χ0) is 14.7. The molecule has 2 unspecified atom stereocenters. The molecule has 2 atom stereocenters. The third kappa shape index (κ3) is 3.17. The Bertz CT molecular complexity index is 318. The molecule has 3 rings (SSSR count). The molecule has 2 saturated carbocycles. The van der Waals surface area contributed by atoms with Gasteiger partial charge in [-0.05, 0) is 69.7 Å². The Balaban J connectivity index is 1.70. The van der Waals surface area contributed by atoms with Crippen molar-refractivity contribution in [1.29, 1.82) is 0 Å². The van der Waals surface area contributed by atoms with Crippen molar-refractivity contribution in [2.75, 3.05) is 13.1 Å². The van der Waals surface area contributed by atoms with Crippen LogP contribution in [0.2, 0.25) is 0 Å². The van der Waals surface area contributed by atoms with E-state index in [2.05, 4.69) is 11.8 Å². The molecule has 1 aliphatic heterocycles. The van der Waals surface area contributed by atoms with E-state index in [1.165, 1.54) is 83.6 Å². The van der Waals surface area contributed by atoms with E-state index in [1.54, 1.807) is 0 Å². The smallest absolute Gasteiger partial charge is 0.0335 e. The average molecular weight is 293 g/mol. The van der Waals surface area contributed by atoms with E-state index in [-0.39, 0.29) is 0 Å². The molecule has 2 heteroatoms. The van der Waals surface area contributed by atoms with Crippen LogP contribution in [0.15, 0.2) is 0 Å². The van der Waals surface area contributed by atoms with Crippen LogP contribution in [-0.2, 0) is 0 Å². The summed E-state index contributed by atoms with van der Waals surface area (Å²) in [6.45, 7) is 4.56. The van der Waals surface area contributed by atoms with Crippen molar-refractivity contribution < 1.29 is 0 Å². The predicted molar refractivity (Wildman–Crippen MR) is 90.3 cm³/mol. The van der Waals surface area contributed by atoms with Crippen molar-refractivity contribution in [3.63, 3.8) is 0 Å². The van der Waals surface area contributed by atoms with Crippen molar-refractivity contribution in [1.82, 2.24) is 4.90 Å². The molecule has 0 radical (unpaired) electrons. The van der Waals surface area contributed by atoms with Gasteiger partial charge >= 0.3 is 0 Å². The first kappa shape index (κ1) is 15.8. The Morgan fingerprint density at radius 3 is 2.43 bits per heavy atom. The van der Waals surface area contributed by atoms with Crippen LogP contribution >= 0.6 is 0 Å². The molecule has 1 saturated heterocycles. The highest BCUT2D eigenvalue weighted by atomic mass is 15.2. The maximum atomic E-state index is 6.37. The lowest BCUT2D eigenvalue weighted by Gasteiger charge is -2.56. The maximum Gasteiger partial charge on any atom is 0.0335 e. The van der Waals surface area contributed by atoms with Crippen molar-refractivity contribution in [2.24, 2.45) is 17.6 Å². The van der Waals surface area contributed by atoms with E-state index >= 15 is 0 Å². The standard InChI is InChI=1S/C19H36N2/c1-2-6-16-10-12-19(15-20,13-11-16)21-14-5-8-17-7-3-4-9-18(17)21/h16-18H,2-15,20H2,1H3. The largest absolute Gasteiger partial charge is 0.329 e. The molecule has 0 aromatic carbocycles. The molecular weight excluding hydrogens is 256 g/mol. The molecule has 0 aromatic heterocycles. The molecule has 0 spiro atoms. The predicted octanol–water partition coefficient (Wildman–Crippen LogP) is 4.33. The van der Waals surface area contributed by atoms with Crippen LogP contribution in [0.3, 0.4) is 0 Å². The number of piperidine rings is 1. The number of fused-ring (bicyclic) bond motifs is 1. The minimum atomic E-state index is 0.366. The Morgan fingerprint density at radius 2 is 1.71 bits per heavy atom. The quantitative estimate of drug-likeness (QED) is 0.835. The zero-order valence-electron chi connectivity index (χ0n) is 14.2. The summed E-state index contributed by atoms with van der Waals surface area (Å²) in [5.74, 6) is 1.98. The highest BCUT2D eigenvalue weighted by molar-refractivity contribution is 5.01. The molecule has 122 valence electrons. The van der Waals surface area contributed by atoms with Gasteiger partial charge in [0.2, 0.25) is 0 Å². The van der Waals surface area contributed by atoms with Crippen LogP contribution in [0.4, 0.5) is 0 Å². The lowest BCUT2D eigenvalue weighted by Crippen LogP contribution is -2.63. The second kappa shape index (κ2) is 7.00. The van der Waals surface area contributed by atoms with Gasteiger partial charge in [0.15, 0.2) is 0 Å². The van der Waals surface area contributed by atoms with E-state index in [0.717, 1.165) is 24.4 Å². The third-order valence-electron chi connectivity index (χ3n) is 6.97. The van der Waals surface area contributed by atoms with Crippen molar-refractivity contribution in [2.45, 2.75) is 95.6 Å². The van der Waals surface area contributed by atoms with E-state index in [1.807, 2.05) is 0 Å². The molecular formula is C19H36N2. The summed E-state index contributed by atoms with van der Waals surface area (Å²) in [5, 5.41) is 0. The summed E-state index contributed by atoms with van der Waals surface area (Å²) in [4.78, 5) is 2.93. The molecule has 1 heterocycles. The summed E-state index contributed by atoms with van der Waals surface area (Å²) < 4.78 is 0. The molecule has 21 heavy (non-hydrogen) atoms. The van der Waals surface area contributed by atoms with Crippen LogP contribution in [0.5, 0.6) is 0 Å². The van der Waals surface area contributed by atoms with Gasteiger partial charge in [-0.15, -0.1) is 0 Å². The van der Waals surface area contributed by atoms with E-state index in [4.69, 9.17) is 5.73 Å². The topological polar surface area (TPSA) is 29.3 Å². The molecule has 2 nitrogen and oxygen atoms in total. The fourth-order valence-corrected chi connectivity index (χ4v) is 5.73. The molecule has 0 amide bonds. The second-order valence-electron chi connectivity index (χ2n) is 8.11. The van der Waals surface area contributed by atoms with Gasteiger partial charge in [-0.2, -0.15) is 0 Å². The summed E-state index contributed by atoms with van der Waals surface area (Å²) in [6.07, 6.45) is 17.2. The normalized spacial score (nSPS) is 41.7. The molecule has 2 aliphatic carbocycles. The van der Waals surface area contributed by atoms with Gasteiger partial charge < -0.3 is 5.73 Å². The van der Waals surface area contributed by atoms with Gasteiger partial charge in [0.05, 0.1) is 0 Å². The fraction of sp³-hybridized carbons (Fsp3) is 1.00. The summed E-state index contributed by atoms with van der Waals surface area (Å²) in [7, 11) is 0. The Hall–Kier alpha value is -0.0800. The number of hydrogen-bond acceptors (Lipinski definition) is 2. The van der Waals surface area contributed by atoms with Gasteiger partial charge in [-0.3, -0.25) is 4.90 Å². The van der Waals surface area contributed by atoms with Gasteiger partial charge in [0.25, 0.3) is 0 Å². The summed E-state index contributed by atoms with van der Waals surface area (Å²) in [6, 6.07) is 0.874. The first-order valence-electron chi connectivity index (χ1n) is 9.76. The molecule has 3 aliphatic rings. The minimum Gasteiger partial charge on any atom is -0.329 e. The molecule has 0 bridgehead atoms. The van der Waals surface area contributed by atoms with E-state index in [0.29, 0.717) is 5.54 Å². The Morgan fingerprint density at radius 1 is 1.00 bits per heavy atom. The number of nitrogens with two attached hydrogens (primary N) is 1. The number of rotatable bonds is 4. The van der Waals surface area contributed by atoms with Crippen molar-refractivity contribution in [3.8, 4) is 0 Å². The highest BCUT2D eigenvalue weighted by Crippen LogP contribution is 2.44. The minimum absolute atomic E-state index is 0.366. The first-order valence-corrected chi connectivity index (χ1v) is 9.76. The monoisotopic (exact) mass is 292 g/mol.